The highest BCUT2D eigenvalue weighted by Crippen LogP contribution is 2.40. The van der Waals surface area contributed by atoms with Crippen LogP contribution in [0.15, 0.2) is 59.0 Å². The summed E-state index contributed by atoms with van der Waals surface area (Å²) in [6, 6.07) is 14.8. The van der Waals surface area contributed by atoms with Gasteiger partial charge in [-0.2, -0.15) is 4.98 Å². The molecule has 5 rings (SSSR count). The highest BCUT2D eigenvalue weighted by atomic mass is 35.5. The molecule has 0 bridgehead atoms. The van der Waals surface area contributed by atoms with E-state index in [1.807, 2.05) is 30.3 Å². The lowest BCUT2D eigenvalue weighted by atomic mass is 9.92. The van der Waals surface area contributed by atoms with Gasteiger partial charge in [-0.15, -0.1) is 0 Å². The molecule has 0 saturated carbocycles. The Morgan fingerprint density at radius 1 is 1.20 bits per heavy atom. The van der Waals surface area contributed by atoms with Crippen molar-refractivity contribution in [3.8, 4) is 11.5 Å². The first kappa shape index (κ1) is 23.0. The molecular weight excluding hydrogens is 475 g/mol. The van der Waals surface area contributed by atoms with Gasteiger partial charge in [0.1, 0.15) is 24.0 Å². The van der Waals surface area contributed by atoms with E-state index in [-0.39, 0.29) is 19.0 Å². The van der Waals surface area contributed by atoms with Gasteiger partial charge in [-0.25, -0.2) is 9.18 Å². The van der Waals surface area contributed by atoms with E-state index < -0.39 is 17.8 Å². The fourth-order valence-corrected chi connectivity index (χ4v) is 4.45. The van der Waals surface area contributed by atoms with Crippen LogP contribution in [-0.4, -0.2) is 31.2 Å². The highest BCUT2D eigenvalue weighted by molar-refractivity contribution is 6.31. The van der Waals surface area contributed by atoms with Crippen molar-refractivity contribution in [1.29, 1.82) is 0 Å². The molecule has 0 aliphatic carbocycles. The Bertz CT molecular complexity index is 1410. The summed E-state index contributed by atoms with van der Waals surface area (Å²) < 4.78 is 36.3. The molecule has 0 fully saturated rings. The van der Waals surface area contributed by atoms with Gasteiger partial charge < -0.3 is 23.5 Å². The van der Waals surface area contributed by atoms with Crippen molar-refractivity contribution in [3.05, 3.63) is 82.1 Å². The molecule has 0 spiro atoms. The maximum atomic E-state index is 13.7. The number of hydrogen-bond acceptors (Lipinski definition) is 7. The fourth-order valence-electron chi connectivity index (χ4n) is 4.26. The van der Waals surface area contributed by atoms with Crippen molar-refractivity contribution >= 4 is 34.7 Å². The quantitative estimate of drug-likeness (QED) is 0.335. The minimum Gasteiger partial charge on any atom is -0.493 e. The molecule has 0 amide bonds. The van der Waals surface area contributed by atoms with Crippen LogP contribution >= 0.6 is 11.6 Å². The van der Waals surface area contributed by atoms with Crippen LogP contribution in [0.1, 0.15) is 16.7 Å². The lowest BCUT2D eigenvalue weighted by Gasteiger charge is -2.35. The molecule has 0 N–H and O–H groups in total. The van der Waals surface area contributed by atoms with Gasteiger partial charge in [-0.1, -0.05) is 35.9 Å². The second-order valence-corrected chi connectivity index (χ2v) is 8.50. The molecule has 35 heavy (non-hydrogen) atoms. The average Bonchev–Trinajstić information content (AvgIpc) is 3.29. The summed E-state index contributed by atoms with van der Waals surface area (Å²) in [4.78, 5) is 19.0. The monoisotopic (exact) mass is 496 g/mol. The summed E-state index contributed by atoms with van der Waals surface area (Å²) >= 11 is 6.30. The number of halogens is 2. The third-order valence-electron chi connectivity index (χ3n) is 6.04. The topological polar surface area (TPSA) is 74.0 Å². The van der Waals surface area contributed by atoms with Crippen molar-refractivity contribution in [2.75, 3.05) is 19.1 Å². The zero-order valence-corrected chi connectivity index (χ0v) is 19.8. The van der Waals surface area contributed by atoms with Gasteiger partial charge in [-0.3, -0.25) is 0 Å². The maximum Gasteiger partial charge on any atom is 0.329 e. The third-order valence-corrected chi connectivity index (χ3v) is 6.41. The molecule has 0 radical (unpaired) electrons. The Morgan fingerprint density at radius 3 is 2.80 bits per heavy atom. The van der Waals surface area contributed by atoms with E-state index in [1.165, 1.54) is 25.3 Å². The second-order valence-electron chi connectivity index (χ2n) is 8.09. The van der Waals surface area contributed by atoms with Crippen molar-refractivity contribution in [3.63, 3.8) is 0 Å². The van der Waals surface area contributed by atoms with Gasteiger partial charge in [-0.05, 0) is 29.8 Å². The molecule has 1 atom stereocenters. The van der Waals surface area contributed by atoms with E-state index >= 15 is 0 Å². The van der Waals surface area contributed by atoms with Crippen LogP contribution in [0.25, 0.3) is 11.1 Å². The maximum absolute atomic E-state index is 13.7. The summed E-state index contributed by atoms with van der Waals surface area (Å²) in [6.07, 6.45) is 0.268. The van der Waals surface area contributed by atoms with Crippen LogP contribution in [0.4, 0.5) is 10.4 Å². The van der Waals surface area contributed by atoms with Crippen molar-refractivity contribution < 1.29 is 27.8 Å². The number of anilines is 1. The Kier molecular flexibility index (Phi) is 6.21. The van der Waals surface area contributed by atoms with Crippen molar-refractivity contribution in [2.45, 2.75) is 25.6 Å². The molecule has 0 saturated heterocycles. The van der Waals surface area contributed by atoms with Gasteiger partial charge >= 0.3 is 5.97 Å². The predicted molar refractivity (Wildman–Crippen MR) is 128 cm³/mol. The molecule has 180 valence electrons. The smallest absolute Gasteiger partial charge is 0.329 e. The minimum absolute atomic E-state index is 0.209. The molecule has 2 heterocycles. The molecule has 7 nitrogen and oxygen atoms in total. The number of esters is 1. The van der Waals surface area contributed by atoms with Gasteiger partial charge in [0, 0.05) is 35.2 Å². The number of benzene rings is 3. The summed E-state index contributed by atoms with van der Waals surface area (Å²) in [5.41, 5.74) is 3.36. The van der Waals surface area contributed by atoms with Crippen molar-refractivity contribution in [2.24, 2.45) is 0 Å². The molecule has 4 aromatic rings. The Hall–Kier alpha value is -3.78. The van der Waals surface area contributed by atoms with E-state index in [9.17, 15) is 9.18 Å². The first-order valence-corrected chi connectivity index (χ1v) is 11.3. The van der Waals surface area contributed by atoms with Crippen molar-refractivity contribution in [1.82, 2.24) is 4.98 Å². The van der Waals surface area contributed by atoms with Crippen LogP contribution in [-0.2, 0) is 29.1 Å². The summed E-state index contributed by atoms with van der Waals surface area (Å²) in [5.74, 6) is 0.202. The fraction of sp³-hybridized carbons (Fsp3) is 0.231. The van der Waals surface area contributed by atoms with Crippen LogP contribution < -0.4 is 14.4 Å². The number of methoxy groups -OCH3 is 2. The average molecular weight is 497 g/mol. The Labute approximate surface area is 206 Å². The standard InChI is InChI=1S/C26H22ClFN2O5/c1-32-22-10-7-15-13-30(26-29-20-9-8-17(28)11-23(20)35-26)21(25(31)33-2)12-18(15)24(22)34-14-16-5-3-4-6-19(16)27/h3-11,21H,12-14H2,1-2H3/t21-/m0/s1. The van der Waals surface area contributed by atoms with Gasteiger partial charge in [0.15, 0.2) is 17.1 Å². The largest absolute Gasteiger partial charge is 0.493 e. The number of carbonyl (C=O) groups excluding carboxylic acids is 1. The lowest BCUT2D eigenvalue weighted by molar-refractivity contribution is -0.142. The molecule has 1 aromatic heterocycles. The second kappa shape index (κ2) is 9.46. The molecular formula is C26H22ClFN2O5. The summed E-state index contributed by atoms with van der Waals surface area (Å²) in [7, 11) is 2.90. The van der Waals surface area contributed by atoms with Crippen LogP contribution in [0.2, 0.25) is 5.02 Å². The summed E-state index contributed by atoms with van der Waals surface area (Å²) in [6.45, 7) is 0.534. The number of aromatic nitrogens is 1. The number of oxazole rings is 1. The SMILES string of the molecule is COC(=O)[C@@H]1Cc2c(ccc(OC)c2OCc2ccccc2Cl)CN1c1nc2ccc(F)cc2o1. The van der Waals surface area contributed by atoms with Crippen LogP contribution in [0, 0.1) is 5.82 Å². The van der Waals surface area contributed by atoms with Crippen LogP contribution in [0.5, 0.6) is 11.5 Å². The van der Waals surface area contributed by atoms with E-state index in [1.54, 1.807) is 18.1 Å². The van der Waals surface area contributed by atoms with E-state index in [2.05, 4.69) is 4.98 Å². The van der Waals surface area contributed by atoms with Gasteiger partial charge in [0.05, 0.1) is 14.2 Å². The number of rotatable bonds is 6. The molecule has 1 aliphatic heterocycles. The molecule has 1 aliphatic rings. The Morgan fingerprint density at radius 2 is 2.03 bits per heavy atom. The van der Waals surface area contributed by atoms with E-state index in [4.69, 9.17) is 30.2 Å². The molecule has 9 heteroatoms. The van der Waals surface area contributed by atoms with Gasteiger partial charge in [0.25, 0.3) is 6.01 Å². The highest BCUT2D eigenvalue weighted by Gasteiger charge is 2.37. The zero-order chi connectivity index (χ0) is 24.5. The summed E-state index contributed by atoms with van der Waals surface area (Å²) in [5, 5.41) is 0.599. The first-order valence-electron chi connectivity index (χ1n) is 10.9. The first-order chi connectivity index (χ1) is 17.0. The molecule has 3 aromatic carbocycles. The Balaban J connectivity index is 1.53. The normalized spacial score (nSPS) is 15.1. The number of fused-ring (bicyclic) bond motifs is 2. The lowest BCUT2D eigenvalue weighted by Crippen LogP contribution is -2.46. The zero-order valence-electron chi connectivity index (χ0n) is 19.1. The number of ether oxygens (including phenoxy) is 3. The minimum atomic E-state index is -0.736. The number of nitrogens with zero attached hydrogens (tertiary/aromatic N) is 2. The molecule has 0 unspecified atom stereocenters. The number of carbonyl (C=O) groups is 1. The van der Waals surface area contributed by atoms with E-state index in [0.29, 0.717) is 34.2 Å². The van der Waals surface area contributed by atoms with Gasteiger partial charge in [0.2, 0.25) is 0 Å². The third kappa shape index (κ3) is 4.37. The van der Waals surface area contributed by atoms with E-state index in [0.717, 1.165) is 16.7 Å². The predicted octanol–water partition coefficient (Wildman–Crippen LogP) is 5.31. The van der Waals surface area contributed by atoms with Crippen LogP contribution in [0.3, 0.4) is 0 Å². The number of hydrogen-bond donors (Lipinski definition) is 0.